The van der Waals surface area contributed by atoms with Gasteiger partial charge in [0, 0.05) is 13.1 Å². The van der Waals surface area contributed by atoms with Gasteiger partial charge in [-0.1, -0.05) is 0 Å². The number of nitrogens with one attached hydrogen (secondary N) is 1. The molecule has 0 spiro atoms. The lowest BCUT2D eigenvalue weighted by Crippen LogP contribution is -2.38. The summed E-state index contributed by atoms with van der Waals surface area (Å²) in [7, 11) is 1.38. The Bertz CT molecular complexity index is 743. The molecule has 0 saturated heterocycles. The summed E-state index contributed by atoms with van der Waals surface area (Å²) in [6, 6.07) is 0. The lowest BCUT2D eigenvalue weighted by atomic mass is 10.5. The van der Waals surface area contributed by atoms with Crippen LogP contribution in [0.4, 0.5) is 0 Å². The summed E-state index contributed by atoms with van der Waals surface area (Å²) in [5, 5.41) is 0. The van der Waals surface area contributed by atoms with Gasteiger partial charge in [-0.15, -0.1) is 0 Å². The molecule has 2 aromatic rings. The molecule has 2 rings (SSSR count). The van der Waals surface area contributed by atoms with Crippen molar-refractivity contribution in [2.24, 2.45) is 7.05 Å². The number of H-pyrrole nitrogens is 1. The van der Waals surface area contributed by atoms with Crippen molar-refractivity contribution in [3.8, 4) is 0 Å². The van der Waals surface area contributed by atoms with Crippen LogP contribution in [0.1, 0.15) is 5.82 Å². The molecular weight excluding hydrogens is 224 g/mol. The number of rotatable bonds is 2. The molecule has 0 bridgehead atoms. The molecule has 0 aliphatic heterocycles. The Balaban J connectivity index is 2.94. The SMILES string of the molecule is Cc1nc2c([nH]1)c(=O)n(C)c(=O)n2CC=C=O. The van der Waals surface area contributed by atoms with E-state index in [9.17, 15) is 14.4 Å². The van der Waals surface area contributed by atoms with E-state index < -0.39 is 11.2 Å². The lowest BCUT2D eigenvalue weighted by molar-refractivity contribution is 0.567. The van der Waals surface area contributed by atoms with Gasteiger partial charge < -0.3 is 4.98 Å². The van der Waals surface area contributed by atoms with Gasteiger partial charge in [0.05, 0.1) is 6.54 Å². The predicted octanol–water partition coefficient (Wildman–Crippen LogP) is -0.880. The zero-order chi connectivity index (χ0) is 12.6. The monoisotopic (exact) mass is 234 g/mol. The normalized spacial score (nSPS) is 10.5. The minimum absolute atomic E-state index is 0.0389. The quantitative estimate of drug-likeness (QED) is 0.683. The number of imidazole rings is 1. The van der Waals surface area contributed by atoms with E-state index in [1.54, 1.807) is 12.9 Å². The van der Waals surface area contributed by atoms with E-state index in [0.29, 0.717) is 5.82 Å². The average molecular weight is 234 g/mol. The summed E-state index contributed by atoms with van der Waals surface area (Å²) in [5.74, 6) is 2.12. The number of fused-ring (bicyclic) bond motifs is 1. The smallest absolute Gasteiger partial charge is 0.332 e. The highest BCUT2D eigenvalue weighted by Gasteiger charge is 2.13. The largest absolute Gasteiger partial charge is 0.336 e. The molecule has 7 heteroatoms. The van der Waals surface area contributed by atoms with E-state index in [0.717, 1.165) is 10.6 Å². The van der Waals surface area contributed by atoms with Crippen molar-refractivity contribution in [3.05, 3.63) is 32.7 Å². The minimum Gasteiger partial charge on any atom is -0.336 e. The first-order valence-electron chi connectivity index (χ1n) is 4.91. The fourth-order valence-corrected chi connectivity index (χ4v) is 1.64. The van der Waals surface area contributed by atoms with E-state index in [1.165, 1.54) is 11.6 Å². The van der Waals surface area contributed by atoms with Crippen molar-refractivity contribution in [3.63, 3.8) is 0 Å². The van der Waals surface area contributed by atoms with Crippen LogP contribution in [-0.4, -0.2) is 25.0 Å². The summed E-state index contributed by atoms with van der Waals surface area (Å²) in [4.78, 5) is 40.7. The molecule has 17 heavy (non-hydrogen) atoms. The van der Waals surface area contributed by atoms with Crippen molar-refractivity contribution in [2.75, 3.05) is 0 Å². The van der Waals surface area contributed by atoms with Gasteiger partial charge in [-0.05, 0) is 6.92 Å². The molecule has 0 unspecified atom stereocenters. The number of nitrogens with zero attached hydrogens (tertiary/aromatic N) is 3. The number of hydrogen-bond donors (Lipinski definition) is 1. The fourth-order valence-electron chi connectivity index (χ4n) is 1.64. The Morgan fingerprint density at radius 2 is 2.18 bits per heavy atom. The molecule has 0 amide bonds. The summed E-state index contributed by atoms with van der Waals surface area (Å²) in [6.07, 6.45) is 1.16. The second kappa shape index (κ2) is 3.88. The van der Waals surface area contributed by atoms with Crippen LogP contribution in [0.15, 0.2) is 15.7 Å². The molecule has 0 radical (unpaired) electrons. The van der Waals surface area contributed by atoms with Gasteiger partial charge in [-0.25, -0.2) is 14.6 Å². The van der Waals surface area contributed by atoms with Gasteiger partial charge in [-0.3, -0.25) is 13.9 Å². The number of hydrogen-bond acceptors (Lipinski definition) is 4. The maximum Gasteiger partial charge on any atom is 0.332 e. The van der Waals surface area contributed by atoms with Crippen LogP contribution in [0.25, 0.3) is 11.2 Å². The number of aryl methyl sites for hydroxylation is 1. The van der Waals surface area contributed by atoms with Gasteiger partial charge in [0.25, 0.3) is 5.56 Å². The highest BCUT2D eigenvalue weighted by Crippen LogP contribution is 2.04. The first-order chi connectivity index (χ1) is 8.06. The highest BCUT2D eigenvalue weighted by molar-refractivity contribution is 5.69. The maximum absolute atomic E-state index is 11.8. The van der Waals surface area contributed by atoms with Crippen LogP contribution in [-0.2, 0) is 18.4 Å². The van der Waals surface area contributed by atoms with Gasteiger partial charge in [0.1, 0.15) is 17.3 Å². The van der Waals surface area contributed by atoms with Crippen LogP contribution >= 0.6 is 0 Å². The summed E-state index contributed by atoms with van der Waals surface area (Å²) < 4.78 is 2.21. The van der Waals surface area contributed by atoms with E-state index in [1.807, 2.05) is 0 Å². The van der Waals surface area contributed by atoms with Crippen LogP contribution < -0.4 is 11.2 Å². The zero-order valence-electron chi connectivity index (χ0n) is 9.35. The van der Waals surface area contributed by atoms with E-state index in [-0.39, 0.29) is 17.7 Å². The van der Waals surface area contributed by atoms with Crippen molar-refractivity contribution in [1.82, 2.24) is 19.1 Å². The molecule has 0 aliphatic carbocycles. The second-order valence-electron chi connectivity index (χ2n) is 3.60. The second-order valence-corrected chi connectivity index (χ2v) is 3.60. The molecule has 0 saturated carbocycles. The van der Waals surface area contributed by atoms with Crippen LogP contribution in [0, 0.1) is 6.92 Å². The van der Waals surface area contributed by atoms with Crippen molar-refractivity contribution in [2.45, 2.75) is 13.5 Å². The Kier molecular flexibility index (Phi) is 2.53. The zero-order valence-corrected chi connectivity index (χ0v) is 9.35. The third-order valence-electron chi connectivity index (χ3n) is 2.45. The van der Waals surface area contributed by atoms with Gasteiger partial charge in [0.15, 0.2) is 5.65 Å². The summed E-state index contributed by atoms with van der Waals surface area (Å²) >= 11 is 0. The van der Waals surface area contributed by atoms with Crippen LogP contribution in [0.2, 0.25) is 0 Å². The van der Waals surface area contributed by atoms with E-state index >= 15 is 0 Å². The first-order valence-corrected chi connectivity index (χ1v) is 4.91. The Hall–Kier alpha value is -2.40. The van der Waals surface area contributed by atoms with Crippen LogP contribution in [0.3, 0.4) is 0 Å². The number of aromatic amines is 1. The van der Waals surface area contributed by atoms with E-state index in [2.05, 4.69) is 9.97 Å². The van der Waals surface area contributed by atoms with Crippen molar-refractivity contribution < 1.29 is 4.79 Å². The van der Waals surface area contributed by atoms with Gasteiger partial charge in [0.2, 0.25) is 0 Å². The molecule has 0 atom stereocenters. The number of aromatic nitrogens is 4. The minimum atomic E-state index is -0.513. The molecule has 2 aromatic heterocycles. The van der Waals surface area contributed by atoms with E-state index in [4.69, 9.17) is 0 Å². The Morgan fingerprint density at radius 3 is 2.82 bits per heavy atom. The van der Waals surface area contributed by atoms with Crippen molar-refractivity contribution in [1.29, 1.82) is 0 Å². The number of carbonyl (C=O) groups excluding carboxylic acids is 1. The lowest BCUT2D eigenvalue weighted by Gasteiger charge is -2.04. The van der Waals surface area contributed by atoms with Crippen LogP contribution in [0.5, 0.6) is 0 Å². The standard InChI is InChI=1S/C10H10N4O3/c1-6-11-7-8(12-6)14(4-3-5-15)10(17)13(2)9(7)16/h3H,4H2,1-2H3,(H,11,12). The average Bonchev–Trinajstić information content (AvgIpc) is 2.68. The number of allylic oxidation sites excluding steroid dienone is 1. The van der Waals surface area contributed by atoms with Crippen molar-refractivity contribution >= 4 is 17.1 Å². The van der Waals surface area contributed by atoms with Gasteiger partial charge >= 0.3 is 5.69 Å². The molecule has 7 nitrogen and oxygen atoms in total. The molecule has 2 heterocycles. The molecule has 0 aromatic carbocycles. The Labute approximate surface area is 95.0 Å². The summed E-state index contributed by atoms with van der Waals surface area (Å²) in [5.41, 5.74) is -0.441. The fraction of sp³-hybridized carbons (Fsp3) is 0.300. The first kappa shape index (κ1) is 11.1. The third kappa shape index (κ3) is 1.62. The third-order valence-corrected chi connectivity index (χ3v) is 2.45. The highest BCUT2D eigenvalue weighted by atomic mass is 16.2. The topological polar surface area (TPSA) is 89.8 Å². The predicted molar refractivity (Wildman–Crippen MR) is 60.6 cm³/mol. The molecule has 1 N–H and O–H groups in total. The van der Waals surface area contributed by atoms with Gasteiger partial charge in [-0.2, -0.15) is 0 Å². The Morgan fingerprint density at radius 1 is 1.47 bits per heavy atom. The molecular formula is C10H10N4O3. The maximum atomic E-state index is 11.8. The molecule has 0 aliphatic rings. The summed E-state index contributed by atoms with van der Waals surface area (Å²) in [6.45, 7) is 1.72. The molecule has 0 fully saturated rings. The molecule has 88 valence electrons.